The first-order valence-corrected chi connectivity index (χ1v) is 10.4. The van der Waals surface area contributed by atoms with E-state index in [1.807, 2.05) is 24.4 Å². The first kappa shape index (κ1) is 20.1. The van der Waals surface area contributed by atoms with Crippen molar-refractivity contribution in [2.75, 3.05) is 10.6 Å². The fraction of sp³-hybridized carbons (Fsp3) is 0.143. The Bertz CT molecular complexity index is 1250. The van der Waals surface area contributed by atoms with Crippen LogP contribution in [0.4, 0.5) is 11.4 Å². The molecular formula is C21H18ClN5O2S. The molecule has 4 aromatic rings. The Morgan fingerprint density at radius 2 is 2.03 bits per heavy atom. The number of pyridine rings is 1. The zero-order valence-corrected chi connectivity index (χ0v) is 17.8. The van der Waals surface area contributed by atoms with Gasteiger partial charge >= 0.3 is 0 Å². The minimum Gasteiger partial charge on any atom is -0.326 e. The lowest BCUT2D eigenvalue weighted by Crippen LogP contribution is -2.14. The van der Waals surface area contributed by atoms with Gasteiger partial charge in [0.25, 0.3) is 5.91 Å². The average Bonchev–Trinajstić information content (AvgIpc) is 3.33. The predicted molar refractivity (Wildman–Crippen MR) is 119 cm³/mol. The third kappa shape index (κ3) is 4.19. The number of anilines is 2. The molecule has 0 unspecified atom stereocenters. The predicted octanol–water partition coefficient (Wildman–Crippen LogP) is 4.71. The Morgan fingerprint density at radius 3 is 2.73 bits per heavy atom. The van der Waals surface area contributed by atoms with Gasteiger partial charge in [0.05, 0.1) is 34.4 Å². The van der Waals surface area contributed by atoms with Crippen molar-refractivity contribution in [1.82, 2.24) is 14.8 Å². The maximum absolute atomic E-state index is 13.0. The molecule has 1 aromatic carbocycles. The molecule has 152 valence electrons. The molecule has 0 aliphatic rings. The first-order chi connectivity index (χ1) is 14.4. The zero-order chi connectivity index (χ0) is 21.3. The van der Waals surface area contributed by atoms with E-state index in [0.29, 0.717) is 45.2 Å². The summed E-state index contributed by atoms with van der Waals surface area (Å²) in [4.78, 5) is 29.9. The van der Waals surface area contributed by atoms with Crippen molar-refractivity contribution in [2.45, 2.75) is 20.4 Å². The highest BCUT2D eigenvalue weighted by molar-refractivity contribution is 7.09. The number of hydrogen-bond donors (Lipinski definition) is 2. The van der Waals surface area contributed by atoms with Gasteiger partial charge in [0, 0.05) is 23.2 Å². The van der Waals surface area contributed by atoms with Crippen molar-refractivity contribution in [2.24, 2.45) is 0 Å². The molecule has 0 atom stereocenters. The molecule has 4 rings (SSSR count). The molecule has 9 heteroatoms. The van der Waals surface area contributed by atoms with Gasteiger partial charge in [0.1, 0.15) is 0 Å². The molecule has 0 aliphatic heterocycles. The second-order valence-electron chi connectivity index (χ2n) is 6.76. The van der Waals surface area contributed by atoms with Crippen LogP contribution in [0.1, 0.15) is 27.9 Å². The van der Waals surface area contributed by atoms with E-state index in [4.69, 9.17) is 11.6 Å². The molecule has 2 N–H and O–H groups in total. The van der Waals surface area contributed by atoms with Gasteiger partial charge in [-0.15, -0.1) is 11.3 Å². The maximum atomic E-state index is 13.0. The fourth-order valence-electron chi connectivity index (χ4n) is 3.11. The molecule has 0 radical (unpaired) electrons. The summed E-state index contributed by atoms with van der Waals surface area (Å²) in [5, 5.41) is 12.9. The van der Waals surface area contributed by atoms with E-state index in [0.717, 1.165) is 4.88 Å². The van der Waals surface area contributed by atoms with Crippen molar-refractivity contribution in [1.29, 1.82) is 0 Å². The van der Waals surface area contributed by atoms with Crippen LogP contribution in [0.5, 0.6) is 0 Å². The highest BCUT2D eigenvalue weighted by atomic mass is 35.5. The van der Waals surface area contributed by atoms with Crippen LogP contribution in [0.3, 0.4) is 0 Å². The van der Waals surface area contributed by atoms with Crippen LogP contribution in [0.2, 0.25) is 5.02 Å². The van der Waals surface area contributed by atoms with E-state index < -0.39 is 0 Å². The number of nitrogens with zero attached hydrogens (tertiary/aromatic N) is 3. The van der Waals surface area contributed by atoms with Gasteiger partial charge in [-0.3, -0.25) is 9.59 Å². The van der Waals surface area contributed by atoms with Gasteiger partial charge < -0.3 is 10.6 Å². The van der Waals surface area contributed by atoms with Gasteiger partial charge in [-0.05, 0) is 42.6 Å². The summed E-state index contributed by atoms with van der Waals surface area (Å²) in [5.74, 6) is -0.507. The third-order valence-electron chi connectivity index (χ3n) is 4.41. The average molecular weight is 440 g/mol. The summed E-state index contributed by atoms with van der Waals surface area (Å²) in [6.45, 7) is 3.85. The van der Waals surface area contributed by atoms with Crippen molar-refractivity contribution in [3.8, 4) is 0 Å². The van der Waals surface area contributed by atoms with E-state index >= 15 is 0 Å². The van der Waals surface area contributed by atoms with Crippen LogP contribution in [0.25, 0.3) is 11.0 Å². The lowest BCUT2D eigenvalue weighted by atomic mass is 10.1. The van der Waals surface area contributed by atoms with Crippen LogP contribution >= 0.6 is 22.9 Å². The third-order valence-corrected chi connectivity index (χ3v) is 5.58. The number of halogens is 1. The molecule has 30 heavy (non-hydrogen) atoms. The van der Waals surface area contributed by atoms with Crippen LogP contribution in [-0.2, 0) is 11.3 Å². The van der Waals surface area contributed by atoms with Crippen LogP contribution < -0.4 is 10.6 Å². The molecule has 0 spiro atoms. The monoisotopic (exact) mass is 439 g/mol. The van der Waals surface area contributed by atoms with Crippen molar-refractivity contribution in [3.05, 3.63) is 69.1 Å². The van der Waals surface area contributed by atoms with E-state index in [-0.39, 0.29) is 11.8 Å². The van der Waals surface area contributed by atoms with E-state index in [1.54, 1.807) is 46.5 Å². The molecule has 0 bridgehead atoms. The summed E-state index contributed by atoms with van der Waals surface area (Å²) in [5.41, 5.74) is 2.84. The molecule has 2 amide bonds. The quantitative estimate of drug-likeness (QED) is 0.471. The second-order valence-corrected chi connectivity index (χ2v) is 8.20. The summed E-state index contributed by atoms with van der Waals surface area (Å²) < 4.78 is 1.79. The Morgan fingerprint density at radius 1 is 1.20 bits per heavy atom. The normalized spacial score (nSPS) is 10.9. The first-order valence-electron chi connectivity index (χ1n) is 9.15. The minimum atomic E-state index is -0.310. The molecule has 7 nitrogen and oxygen atoms in total. The number of amides is 2. The standard InChI is InChI=1S/C21H18ClN5O2S/c1-12-8-16(17-10-23-27(20(17)24-12)11-15-4-3-7-30-15)21(29)26-19-6-5-14(9-18(19)22)25-13(2)28/h3-10H,11H2,1-2H3,(H,25,28)(H,26,29). The van der Waals surface area contributed by atoms with Gasteiger partial charge in [0.15, 0.2) is 5.65 Å². The molecule has 3 heterocycles. The number of carbonyl (C=O) groups excluding carboxylic acids is 2. The lowest BCUT2D eigenvalue weighted by Gasteiger charge is -2.11. The topological polar surface area (TPSA) is 88.9 Å². The maximum Gasteiger partial charge on any atom is 0.256 e. The van der Waals surface area contributed by atoms with Crippen molar-refractivity contribution in [3.63, 3.8) is 0 Å². The number of rotatable bonds is 5. The Labute approximate surface area is 181 Å². The van der Waals surface area contributed by atoms with Gasteiger partial charge in [0.2, 0.25) is 5.91 Å². The number of aromatic nitrogens is 3. The number of fused-ring (bicyclic) bond motifs is 1. The lowest BCUT2D eigenvalue weighted by molar-refractivity contribution is -0.114. The summed E-state index contributed by atoms with van der Waals surface area (Å²) in [6, 6.07) is 10.7. The molecule has 0 fully saturated rings. The minimum absolute atomic E-state index is 0.197. The zero-order valence-electron chi connectivity index (χ0n) is 16.3. The smallest absolute Gasteiger partial charge is 0.256 e. The number of aryl methyl sites for hydroxylation is 1. The molecule has 0 saturated heterocycles. The van der Waals surface area contributed by atoms with Crippen LogP contribution in [-0.4, -0.2) is 26.6 Å². The highest BCUT2D eigenvalue weighted by Gasteiger charge is 2.17. The number of nitrogens with one attached hydrogen (secondary N) is 2. The molecular weight excluding hydrogens is 422 g/mol. The highest BCUT2D eigenvalue weighted by Crippen LogP contribution is 2.27. The van der Waals surface area contributed by atoms with Gasteiger partial charge in [-0.2, -0.15) is 5.10 Å². The van der Waals surface area contributed by atoms with Crippen molar-refractivity contribution < 1.29 is 9.59 Å². The summed E-state index contributed by atoms with van der Waals surface area (Å²) >= 11 is 7.93. The number of carbonyl (C=O) groups is 2. The van der Waals surface area contributed by atoms with Crippen LogP contribution in [0, 0.1) is 6.92 Å². The van der Waals surface area contributed by atoms with Gasteiger partial charge in [-0.1, -0.05) is 17.7 Å². The number of benzene rings is 1. The van der Waals surface area contributed by atoms with E-state index in [9.17, 15) is 9.59 Å². The number of thiophene rings is 1. The summed E-state index contributed by atoms with van der Waals surface area (Å²) in [7, 11) is 0. The Kier molecular flexibility index (Phi) is 5.52. The van der Waals surface area contributed by atoms with E-state index in [1.165, 1.54) is 6.92 Å². The fourth-order valence-corrected chi connectivity index (χ4v) is 4.03. The Hall–Kier alpha value is -3.23. The number of hydrogen-bond acceptors (Lipinski definition) is 5. The molecule has 0 saturated carbocycles. The van der Waals surface area contributed by atoms with Crippen LogP contribution in [0.15, 0.2) is 48.0 Å². The molecule has 3 aromatic heterocycles. The largest absolute Gasteiger partial charge is 0.326 e. The SMILES string of the molecule is CC(=O)Nc1ccc(NC(=O)c2cc(C)nc3c2cnn3Cc2cccs2)c(Cl)c1. The Balaban J connectivity index is 1.63. The second kappa shape index (κ2) is 8.25. The van der Waals surface area contributed by atoms with E-state index in [2.05, 4.69) is 20.7 Å². The summed E-state index contributed by atoms with van der Waals surface area (Å²) in [6.07, 6.45) is 1.66. The van der Waals surface area contributed by atoms with Gasteiger partial charge in [-0.25, -0.2) is 9.67 Å². The van der Waals surface area contributed by atoms with Crippen molar-refractivity contribution >= 4 is 57.2 Å². The molecule has 0 aliphatic carbocycles.